The third kappa shape index (κ3) is 2.63. The van der Waals surface area contributed by atoms with Crippen molar-refractivity contribution in [3.05, 3.63) is 29.8 Å². The van der Waals surface area contributed by atoms with Gasteiger partial charge in [0.25, 0.3) is 0 Å². The molecule has 1 N–H and O–H groups in total. The molecule has 1 aromatic rings. The van der Waals surface area contributed by atoms with Crippen molar-refractivity contribution in [2.24, 2.45) is 5.92 Å². The van der Waals surface area contributed by atoms with E-state index in [0.717, 1.165) is 11.5 Å². The summed E-state index contributed by atoms with van der Waals surface area (Å²) in [5.41, 5.74) is 0.962. The number of rotatable bonds is 3. The van der Waals surface area contributed by atoms with Gasteiger partial charge in [0.2, 0.25) is 0 Å². The first-order chi connectivity index (χ1) is 9.58. The van der Waals surface area contributed by atoms with Crippen LogP contribution in [0.4, 0.5) is 0 Å². The second-order valence-electron chi connectivity index (χ2n) is 6.20. The summed E-state index contributed by atoms with van der Waals surface area (Å²) < 4.78 is 24.3. The molecule has 1 unspecified atom stereocenters. The van der Waals surface area contributed by atoms with Crippen molar-refractivity contribution in [3.8, 4) is 0 Å². The van der Waals surface area contributed by atoms with Crippen LogP contribution in [0, 0.1) is 5.92 Å². The second-order valence-corrected chi connectivity index (χ2v) is 8.28. The van der Waals surface area contributed by atoms with Crippen LogP contribution in [0.25, 0.3) is 0 Å². The van der Waals surface area contributed by atoms with Gasteiger partial charge in [-0.2, -0.15) is 0 Å². The van der Waals surface area contributed by atoms with E-state index in [0.29, 0.717) is 17.4 Å². The Bertz CT molecular complexity index is 576. The summed E-state index contributed by atoms with van der Waals surface area (Å²) in [7, 11) is -3.07. The fourth-order valence-electron chi connectivity index (χ4n) is 3.67. The summed E-state index contributed by atoms with van der Waals surface area (Å²) in [5.74, 6) is 1.01. The van der Waals surface area contributed by atoms with Crippen molar-refractivity contribution in [3.63, 3.8) is 0 Å². The third-order valence-electron chi connectivity index (χ3n) is 4.88. The summed E-state index contributed by atoms with van der Waals surface area (Å²) in [5, 5.41) is 3.69. The Morgan fingerprint density at radius 3 is 2.60 bits per heavy atom. The summed E-state index contributed by atoms with van der Waals surface area (Å²) in [4.78, 5) is 0.530. The fourth-order valence-corrected chi connectivity index (χ4v) is 5.30. The van der Waals surface area contributed by atoms with Gasteiger partial charge in [0.05, 0.1) is 10.6 Å². The first-order valence-corrected chi connectivity index (χ1v) is 9.31. The van der Waals surface area contributed by atoms with Crippen molar-refractivity contribution in [1.82, 2.24) is 5.32 Å². The zero-order chi connectivity index (χ0) is 14.2. The van der Waals surface area contributed by atoms with Crippen molar-refractivity contribution in [2.45, 2.75) is 56.0 Å². The molecular weight excluding hydrogens is 270 g/mol. The summed E-state index contributed by atoms with van der Waals surface area (Å²) in [6.07, 6.45) is 5.98. The van der Waals surface area contributed by atoms with Crippen LogP contribution in [0.1, 0.15) is 50.6 Å². The Morgan fingerprint density at radius 2 is 1.85 bits per heavy atom. The maximum Gasteiger partial charge on any atom is 0.178 e. The van der Waals surface area contributed by atoms with Crippen molar-refractivity contribution < 1.29 is 8.42 Å². The quantitative estimate of drug-likeness (QED) is 0.931. The number of fused-ring (bicyclic) bond motifs is 1. The van der Waals surface area contributed by atoms with E-state index in [4.69, 9.17) is 0 Å². The molecule has 1 aromatic carbocycles. The van der Waals surface area contributed by atoms with Gasteiger partial charge in [-0.3, -0.25) is 0 Å². The minimum atomic E-state index is -3.07. The number of hydrogen-bond donors (Lipinski definition) is 1. The molecule has 3 rings (SSSR count). The second kappa shape index (κ2) is 5.49. The van der Waals surface area contributed by atoms with Gasteiger partial charge in [0.1, 0.15) is 0 Å². The average Bonchev–Trinajstić information content (AvgIpc) is 2.96. The molecule has 1 aliphatic heterocycles. The minimum Gasteiger partial charge on any atom is -0.307 e. The molecule has 0 aromatic heterocycles. The van der Waals surface area contributed by atoms with Crippen LogP contribution >= 0.6 is 0 Å². The van der Waals surface area contributed by atoms with E-state index in [-0.39, 0.29) is 11.8 Å². The number of nitrogens with one attached hydrogen (secondary N) is 1. The highest BCUT2D eigenvalue weighted by Gasteiger charge is 2.32. The van der Waals surface area contributed by atoms with Gasteiger partial charge in [-0.15, -0.1) is 0 Å². The molecule has 0 spiro atoms. The van der Waals surface area contributed by atoms with E-state index < -0.39 is 9.84 Å². The molecule has 0 radical (unpaired) electrons. The van der Waals surface area contributed by atoms with E-state index in [9.17, 15) is 8.42 Å². The highest BCUT2D eigenvalue weighted by atomic mass is 32.2. The lowest BCUT2D eigenvalue weighted by Crippen LogP contribution is -2.38. The van der Waals surface area contributed by atoms with Crippen LogP contribution in [0.5, 0.6) is 0 Å². The first-order valence-electron chi connectivity index (χ1n) is 7.65. The Hall–Kier alpha value is -0.870. The molecule has 2 atom stereocenters. The summed E-state index contributed by atoms with van der Waals surface area (Å²) in [6, 6.07) is 8.12. The monoisotopic (exact) mass is 293 g/mol. The zero-order valence-corrected chi connectivity index (χ0v) is 12.8. The number of sulfone groups is 1. The molecule has 1 aliphatic carbocycles. The van der Waals surface area contributed by atoms with Crippen LogP contribution in [0.3, 0.4) is 0 Å². The van der Waals surface area contributed by atoms with Gasteiger partial charge >= 0.3 is 0 Å². The Morgan fingerprint density at radius 1 is 1.15 bits per heavy atom. The van der Waals surface area contributed by atoms with E-state index in [1.165, 1.54) is 25.7 Å². The SMILES string of the molecule is C[C@H](NC1CCS(=O)(=O)c2ccccc21)C1CCCC1. The van der Waals surface area contributed by atoms with Gasteiger partial charge in [0, 0.05) is 12.1 Å². The van der Waals surface area contributed by atoms with E-state index in [1.54, 1.807) is 6.07 Å². The van der Waals surface area contributed by atoms with Gasteiger partial charge < -0.3 is 5.32 Å². The lowest BCUT2D eigenvalue weighted by atomic mass is 9.96. The molecular formula is C16H23NO2S. The zero-order valence-electron chi connectivity index (χ0n) is 12.0. The van der Waals surface area contributed by atoms with Crippen molar-refractivity contribution in [1.29, 1.82) is 0 Å². The Labute approximate surface area is 121 Å². The number of benzene rings is 1. The van der Waals surface area contributed by atoms with Crippen LogP contribution in [0.2, 0.25) is 0 Å². The predicted molar refractivity (Wildman–Crippen MR) is 80.4 cm³/mol. The fraction of sp³-hybridized carbons (Fsp3) is 0.625. The maximum absolute atomic E-state index is 12.1. The highest BCUT2D eigenvalue weighted by molar-refractivity contribution is 7.91. The predicted octanol–water partition coefficient (Wildman–Crippen LogP) is 3.07. The molecule has 1 fully saturated rings. The third-order valence-corrected chi connectivity index (χ3v) is 6.69. The molecule has 0 saturated heterocycles. The van der Waals surface area contributed by atoms with Crippen LogP contribution in [0.15, 0.2) is 29.2 Å². The smallest absolute Gasteiger partial charge is 0.178 e. The standard InChI is InChI=1S/C16H23NO2S/c1-12(13-6-2-3-7-13)17-15-10-11-20(18,19)16-9-5-4-8-14(15)16/h4-5,8-9,12-13,15,17H,2-3,6-7,10-11H2,1H3/t12-,15?/m0/s1. The Kier molecular flexibility index (Phi) is 3.87. The molecule has 1 saturated carbocycles. The molecule has 20 heavy (non-hydrogen) atoms. The van der Waals surface area contributed by atoms with Gasteiger partial charge in [-0.1, -0.05) is 31.0 Å². The lowest BCUT2D eigenvalue weighted by molar-refractivity contribution is 0.334. The number of hydrogen-bond acceptors (Lipinski definition) is 3. The average molecular weight is 293 g/mol. The van der Waals surface area contributed by atoms with Crippen LogP contribution in [-0.4, -0.2) is 20.2 Å². The van der Waals surface area contributed by atoms with Crippen molar-refractivity contribution in [2.75, 3.05) is 5.75 Å². The van der Waals surface area contributed by atoms with E-state index in [2.05, 4.69) is 12.2 Å². The first kappa shape index (κ1) is 14.1. The van der Waals surface area contributed by atoms with E-state index in [1.807, 2.05) is 18.2 Å². The topological polar surface area (TPSA) is 46.2 Å². The van der Waals surface area contributed by atoms with Crippen LogP contribution in [-0.2, 0) is 9.84 Å². The van der Waals surface area contributed by atoms with E-state index >= 15 is 0 Å². The highest BCUT2D eigenvalue weighted by Crippen LogP contribution is 2.34. The summed E-state index contributed by atoms with van der Waals surface area (Å²) in [6.45, 7) is 2.25. The molecule has 4 heteroatoms. The molecule has 3 nitrogen and oxygen atoms in total. The molecule has 0 bridgehead atoms. The van der Waals surface area contributed by atoms with Gasteiger partial charge in [-0.05, 0) is 43.7 Å². The van der Waals surface area contributed by atoms with Gasteiger partial charge in [-0.25, -0.2) is 8.42 Å². The maximum atomic E-state index is 12.1. The van der Waals surface area contributed by atoms with Crippen LogP contribution < -0.4 is 5.32 Å². The normalized spacial score (nSPS) is 27.1. The molecule has 1 heterocycles. The Balaban J connectivity index is 1.81. The minimum absolute atomic E-state index is 0.185. The molecule has 2 aliphatic rings. The summed E-state index contributed by atoms with van der Waals surface area (Å²) >= 11 is 0. The lowest BCUT2D eigenvalue weighted by Gasteiger charge is -2.31. The molecule has 110 valence electrons. The van der Waals surface area contributed by atoms with Gasteiger partial charge in [0.15, 0.2) is 9.84 Å². The molecule has 0 amide bonds. The van der Waals surface area contributed by atoms with Crippen molar-refractivity contribution >= 4 is 9.84 Å². The largest absolute Gasteiger partial charge is 0.307 e.